The second-order valence-electron chi connectivity index (χ2n) is 5.38. The normalized spacial score (nSPS) is 20.1. The van der Waals surface area contributed by atoms with Gasteiger partial charge in [-0.2, -0.15) is 5.10 Å². The van der Waals surface area contributed by atoms with E-state index in [9.17, 15) is 0 Å². The van der Waals surface area contributed by atoms with Gasteiger partial charge in [-0.15, -0.1) is 0 Å². The summed E-state index contributed by atoms with van der Waals surface area (Å²) < 4.78 is 7.35. The maximum absolute atomic E-state index is 5.43. The summed E-state index contributed by atoms with van der Waals surface area (Å²) in [5, 5.41) is 8.15. The summed E-state index contributed by atoms with van der Waals surface area (Å²) in [6, 6.07) is 12.7. The van der Waals surface area contributed by atoms with Crippen LogP contribution in [-0.2, 0) is 11.3 Å². The van der Waals surface area contributed by atoms with Crippen molar-refractivity contribution in [1.82, 2.24) is 15.1 Å². The van der Waals surface area contributed by atoms with E-state index in [0.29, 0.717) is 12.0 Å². The van der Waals surface area contributed by atoms with E-state index in [0.717, 1.165) is 37.6 Å². The van der Waals surface area contributed by atoms with Crippen LogP contribution < -0.4 is 5.32 Å². The largest absolute Gasteiger partial charge is 0.381 e. The van der Waals surface area contributed by atoms with Crippen LogP contribution in [0.25, 0.3) is 5.69 Å². The van der Waals surface area contributed by atoms with Crippen molar-refractivity contribution < 1.29 is 4.74 Å². The van der Waals surface area contributed by atoms with Gasteiger partial charge in [0.25, 0.3) is 0 Å². The second kappa shape index (κ2) is 6.20. The summed E-state index contributed by atoms with van der Waals surface area (Å²) in [6.45, 7) is 4.82. The first-order valence-electron chi connectivity index (χ1n) is 7.24. The molecule has 4 heteroatoms. The molecule has 1 saturated heterocycles. The summed E-state index contributed by atoms with van der Waals surface area (Å²) in [5.41, 5.74) is 2.16. The standard InChI is InChI=1S/C16H21N3O/c1-13(14-8-10-20-12-14)17-11-15-7-9-19(18-15)16-5-3-2-4-6-16/h2-7,9,13-14,17H,8,10-12H2,1H3. The summed E-state index contributed by atoms with van der Waals surface area (Å²) in [7, 11) is 0. The minimum absolute atomic E-state index is 0.472. The third-order valence-corrected chi connectivity index (χ3v) is 3.94. The highest BCUT2D eigenvalue weighted by Gasteiger charge is 2.21. The molecule has 20 heavy (non-hydrogen) atoms. The Morgan fingerprint density at radius 3 is 2.95 bits per heavy atom. The Kier molecular flexibility index (Phi) is 4.14. The van der Waals surface area contributed by atoms with E-state index < -0.39 is 0 Å². The highest BCUT2D eigenvalue weighted by Crippen LogP contribution is 2.16. The van der Waals surface area contributed by atoms with Gasteiger partial charge in [0.2, 0.25) is 0 Å². The van der Waals surface area contributed by atoms with Gasteiger partial charge in [-0.25, -0.2) is 4.68 Å². The number of nitrogens with one attached hydrogen (secondary N) is 1. The van der Waals surface area contributed by atoms with Gasteiger partial charge in [-0.05, 0) is 37.5 Å². The third kappa shape index (κ3) is 3.08. The number of para-hydroxylation sites is 1. The minimum Gasteiger partial charge on any atom is -0.381 e. The number of aromatic nitrogens is 2. The molecule has 1 aliphatic rings. The summed E-state index contributed by atoms with van der Waals surface area (Å²) in [6.07, 6.45) is 3.17. The Balaban J connectivity index is 1.57. The van der Waals surface area contributed by atoms with Crippen molar-refractivity contribution in [3.63, 3.8) is 0 Å². The van der Waals surface area contributed by atoms with Crippen molar-refractivity contribution >= 4 is 0 Å². The average molecular weight is 271 g/mol. The molecule has 1 N–H and O–H groups in total. The van der Waals surface area contributed by atoms with E-state index in [2.05, 4.69) is 35.5 Å². The van der Waals surface area contributed by atoms with Gasteiger partial charge in [0.15, 0.2) is 0 Å². The molecule has 2 unspecified atom stereocenters. The molecular weight excluding hydrogens is 250 g/mol. The lowest BCUT2D eigenvalue weighted by molar-refractivity contribution is 0.178. The number of nitrogens with zero attached hydrogens (tertiary/aromatic N) is 2. The van der Waals surface area contributed by atoms with Crippen molar-refractivity contribution in [2.45, 2.75) is 25.9 Å². The first kappa shape index (κ1) is 13.3. The van der Waals surface area contributed by atoms with E-state index in [4.69, 9.17) is 4.74 Å². The van der Waals surface area contributed by atoms with Gasteiger partial charge >= 0.3 is 0 Å². The van der Waals surface area contributed by atoms with Crippen LogP contribution in [0.4, 0.5) is 0 Å². The van der Waals surface area contributed by atoms with Crippen LogP contribution in [0, 0.1) is 5.92 Å². The Bertz CT molecular complexity index is 532. The van der Waals surface area contributed by atoms with Crippen molar-refractivity contribution in [2.24, 2.45) is 5.92 Å². The van der Waals surface area contributed by atoms with Gasteiger partial charge in [0.05, 0.1) is 18.0 Å². The monoisotopic (exact) mass is 271 g/mol. The zero-order chi connectivity index (χ0) is 13.8. The highest BCUT2D eigenvalue weighted by atomic mass is 16.5. The predicted octanol–water partition coefficient (Wildman–Crippen LogP) is 2.39. The molecule has 0 radical (unpaired) electrons. The van der Waals surface area contributed by atoms with Crippen molar-refractivity contribution in [3.05, 3.63) is 48.3 Å². The molecule has 0 spiro atoms. The minimum atomic E-state index is 0.472. The van der Waals surface area contributed by atoms with E-state index in [1.807, 2.05) is 29.1 Å². The molecule has 1 aliphatic heterocycles. The molecule has 1 fully saturated rings. The fourth-order valence-electron chi connectivity index (χ4n) is 2.56. The summed E-state index contributed by atoms with van der Waals surface area (Å²) in [5.74, 6) is 0.631. The smallest absolute Gasteiger partial charge is 0.0766 e. The average Bonchev–Trinajstić information content (AvgIpc) is 3.17. The van der Waals surface area contributed by atoms with Crippen LogP contribution in [0.3, 0.4) is 0 Å². The first-order chi connectivity index (χ1) is 9.83. The summed E-state index contributed by atoms with van der Waals surface area (Å²) >= 11 is 0. The van der Waals surface area contributed by atoms with Crippen LogP contribution >= 0.6 is 0 Å². The zero-order valence-corrected chi connectivity index (χ0v) is 11.8. The quantitative estimate of drug-likeness (QED) is 0.907. The van der Waals surface area contributed by atoms with Crippen LogP contribution in [0.5, 0.6) is 0 Å². The topological polar surface area (TPSA) is 39.1 Å². The zero-order valence-electron chi connectivity index (χ0n) is 11.8. The third-order valence-electron chi connectivity index (χ3n) is 3.94. The molecule has 4 nitrogen and oxygen atoms in total. The van der Waals surface area contributed by atoms with Gasteiger partial charge in [-0.3, -0.25) is 0 Å². The molecule has 0 amide bonds. The van der Waals surface area contributed by atoms with E-state index >= 15 is 0 Å². The maximum atomic E-state index is 5.43. The van der Waals surface area contributed by atoms with Gasteiger partial charge < -0.3 is 10.1 Å². The van der Waals surface area contributed by atoms with Gasteiger partial charge in [-0.1, -0.05) is 18.2 Å². The lowest BCUT2D eigenvalue weighted by atomic mass is 10.0. The molecule has 1 aromatic carbocycles. The molecule has 2 heterocycles. The number of rotatable bonds is 5. The molecule has 1 aromatic heterocycles. The molecule has 3 rings (SSSR count). The van der Waals surface area contributed by atoms with Crippen LogP contribution in [0.15, 0.2) is 42.6 Å². The number of hydrogen-bond acceptors (Lipinski definition) is 3. The maximum Gasteiger partial charge on any atom is 0.0766 e. The molecule has 2 atom stereocenters. The Morgan fingerprint density at radius 2 is 2.20 bits per heavy atom. The highest BCUT2D eigenvalue weighted by molar-refractivity contribution is 5.30. The molecule has 0 aliphatic carbocycles. The fourth-order valence-corrected chi connectivity index (χ4v) is 2.56. The van der Waals surface area contributed by atoms with Crippen molar-refractivity contribution in [3.8, 4) is 5.69 Å². The van der Waals surface area contributed by atoms with Gasteiger partial charge in [0.1, 0.15) is 0 Å². The Labute approximate surface area is 119 Å². The Morgan fingerprint density at radius 1 is 1.35 bits per heavy atom. The second-order valence-corrected chi connectivity index (χ2v) is 5.38. The van der Waals surface area contributed by atoms with Gasteiger partial charge in [0, 0.05) is 25.4 Å². The first-order valence-corrected chi connectivity index (χ1v) is 7.24. The van der Waals surface area contributed by atoms with Crippen molar-refractivity contribution in [1.29, 1.82) is 0 Å². The van der Waals surface area contributed by atoms with Crippen molar-refractivity contribution in [2.75, 3.05) is 13.2 Å². The molecule has 2 aromatic rings. The predicted molar refractivity (Wildman–Crippen MR) is 78.8 cm³/mol. The van der Waals surface area contributed by atoms with E-state index in [1.165, 1.54) is 0 Å². The van der Waals surface area contributed by atoms with E-state index in [-0.39, 0.29) is 0 Å². The summed E-state index contributed by atoms with van der Waals surface area (Å²) in [4.78, 5) is 0. The molecule has 0 bridgehead atoms. The number of benzene rings is 1. The lowest BCUT2D eigenvalue weighted by Gasteiger charge is -2.18. The number of ether oxygens (including phenoxy) is 1. The van der Waals surface area contributed by atoms with E-state index in [1.54, 1.807) is 0 Å². The molecule has 0 saturated carbocycles. The lowest BCUT2D eigenvalue weighted by Crippen LogP contribution is -2.33. The molecule has 106 valence electrons. The van der Waals surface area contributed by atoms with Crippen LogP contribution in [0.2, 0.25) is 0 Å². The number of hydrogen-bond donors (Lipinski definition) is 1. The van der Waals surface area contributed by atoms with Crippen LogP contribution in [-0.4, -0.2) is 29.0 Å². The van der Waals surface area contributed by atoms with Crippen LogP contribution in [0.1, 0.15) is 19.0 Å². The Hall–Kier alpha value is -1.65. The fraction of sp³-hybridized carbons (Fsp3) is 0.438. The SMILES string of the molecule is CC(NCc1ccn(-c2ccccc2)n1)C1CCOC1. The molecular formula is C16H21N3O.